The molecule has 70 valence electrons. The maximum Gasteiger partial charge on any atom is 0.114 e. The summed E-state index contributed by atoms with van der Waals surface area (Å²) < 4.78 is 3.81. The van der Waals surface area contributed by atoms with Gasteiger partial charge in [0, 0.05) is 5.56 Å². The van der Waals surface area contributed by atoms with Crippen LogP contribution in [0.2, 0.25) is 0 Å². The minimum absolute atomic E-state index is 0.744. The molecule has 0 aliphatic carbocycles. The third kappa shape index (κ3) is 1.62. The van der Waals surface area contributed by atoms with Crippen LogP contribution in [-0.4, -0.2) is 21.0 Å². The van der Waals surface area contributed by atoms with Gasteiger partial charge in [0.25, 0.3) is 0 Å². The van der Waals surface area contributed by atoms with Gasteiger partial charge in [-0.25, -0.2) is 0 Å². The Bertz CT molecular complexity index is 438. The minimum Gasteiger partial charge on any atom is -0.411 e. The van der Waals surface area contributed by atoms with Crippen LogP contribution in [0.4, 0.5) is 0 Å². The zero-order valence-electron chi connectivity index (χ0n) is 7.16. The predicted octanol–water partition coefficient (Wildman–Crippen LogP) is 2.01. The molecule has 0 unspecified atom stereocenters. The average molecular weight is 205 g/mol. The van der Waals surface area contributed by atoms with Crippen LogP contribution in [-0.2, 0) is 0 Å². The second-order valence-corrected chi connectivity index (χ2v) is 3.38. The van der Waals surface area contributed by atoms with E-state index in [1.165, 1.54) is 17.7 Å². The van der Waals surface area contributed by atoms with Crippen molar-refractivity contribution in [2.45, 2.75) is 0 Å². The van der Waals surface area contributed by atoms with Gasteiger partial charge in [-0.1, -0.05) is 40.0 Å². The second-order valence-electron chi connectivity index (χ2n) is 2.60. The van der Waals surface area contributed by atoms with Crippen molar-refractivity contribution in [3.05, 3.63) is 35.2 Å². The Kier molecular flexibility index (Phi) is 2.51. The van der Waals surface area contributed by atoms with Crippen molar-refractivity contribution < 1.29 is 5.21 Å². The van der Waals surface area contributed by atoms with Crippen LogP contribution in [0, 0.1) is 0 Å². The molecular weight excluding hydrogens is 198 g/mol. The van der Waals surface area contributed by atoms with E-state index in [1.54, 1.807) is 0 Å². The molecule has 4 nitrogen and oxygen atoms in total. The van der Waals surface area contributed by atoms with Gasteiger partial charge in [0.15, 0.2) is 0 Å². The fraction of sp³-hybridized carbons (Fsp3) is 0. The van der Waals surface area contributed by atoms with Gasteiger partial charge in [0.1, 0.15) is 5.69 Å². The van der Waals surface area contributed by atoms with Gasteiger partial charge in [-0.05, 0) is 11.5 Å². The molecule has 1 N–H and O–H groups in total. The first-order valence-corrected chi connectivity index (χ1v) is 4.74. The largest absolute Gasteiger partial charge is 0.411 e. The number of rotatable bonds is 2. The number of nitrogens with zero attached hydrogens (tertiary/aromatic N) is 3. The standard InChI is InChI=1S/C9H7N3OS/c13-10-6-8-9(11-12-14-8)7-4-2-1-3-5-7/h1-6,13H. The van der Waals surface area contributed by atoms with Gasteiger partial charge < -0.3 is 5.21 Å². The number of hydrogen-bond donors (Lipinski definition) is 1. The summed E-state index contributed by atoms with van der Waals surface area (Å²) in [5.74, 6) is 0. The van der Waals surface area contributed by atoms with Gasteiger partial charge in [0.2, 0.25) is 0 Å². The van der Waals surface area contributed by atoms with Gasteiger partial charge >= 0.3 is 0 Å². The van der Waals surface area contributed by atoms with Crippen LogP contribution in [0.3, 0.4) is 0 Å². The van der Waals surface area contributed by atoms with Crippen molar-refractivity contribution in [3.8, 4) is 11.3 Å². The first-order valence-electron chi connectivity index (χ1n) is 3.97. The zero-order valence-corrected chi connectivity index (χ0v) is 7.98. The van der Waals surface area contributed by atoms with E-state index < -0.39 is 0 Å². The Morgan fingerprint density at radius 3 is 2.79 bits per heavy atom. The molecular formula is C9H7N3OS. The van der Waals surface area contributed by atoms with E-state index in [-0.39, 0.29) is 0 Å². The molecule has 1 aromatic heterocycles. The summed E-state index contributed by atoms with van der Waals surface area (Å²) in [6.45, 7) is 0. The van der Waals surface area contributed by atoms with E-state index in [2.05, 4.69) is 14.7 Å². The highest BCUT2D eigenvalue weighted by Gasteiger charge is 2.07. The monoisotopic (exact) mass is 205 g/mol. The molecule has 0 saturated carbocycles. The smallest absolute Gasteiger partial charge is 0.114 e. The van der Waals surface area contributed by atoms with E-state index >= 15 is 0 Å². The van der Waals surface area contributed by atoms with Crippen molar-refractivity contribution in [3.63, 3.8) is 0 Å². The molecule has 2 aromatic rings. The Morgan fingerprint density at radius 2 is 2.07 bits per heavy atom. The summed E-state index contributed by atoms with van der Waals surface area (Å²) >= 11 is 1.20. The summed E-state index contributed by atoms with van der Waals surface area (Å²) in [4.78, 5) is 0.749. The summed E-state index contributed by atoms with van der Waals surface area (Å²) in [6, 6.07) is 9.66. The fourth-order valence-electron chi connectivity index (χ4n) is 1.13. The van der Waals surface area contributed by atoms with Crippen LogP contribution in [0.5, 0.6) is 0 Å². The predicted molar refractivity (Wildman–Crippen MR) is 54.7 cm³/mol. The number of aromatic nitrogens is 2. The molecule has 0 fully saturated rings. The molecule has 0 amide bonds. The highest BCUT2D eigenvalue weighted by atomic mass is 32.1. The Balaban J connectivity index is 2.47. The van der Waals surface area contributed by atoms with Gasteiger partial charge in [-0.15, -0.1) is 5.10 Å². The third-order valence-corrected chi connectivity index (χ3v) is 2.39. The van der Waals surface area contributed by atoms with E-state index in [1.807, 2.05) is 30.3 Å². The fourth-order valence-corrected chi connectivity index (χ4v) is 1.68. The molecule has 5 heteroatoms. The average Bonchev–Trinajstić information content (AvgIpc) is 2.68. The quantitative estimate of drug-likeness (QED) is 0.463. The van der Waals surface area contributed by atoms with Crippen LogP contribution in [0.15, 0.2) is 35.5 Å². The molecule has 0 bridgehead atoms. The molecule has 0 spiro atoms. The van der Waals surface area contributed by atoms with Gasteiger partial charge in [-0.3, -0.25) is 0 Å². The van der Waals surface area contributed by atoms with E-state index in [9.17, 15) is 0 Å². The van der Waals surface area contributed by atoms with E-state index in [0.29, 0.717) is 0 Å². The van der Waals surface area contributed by atoms with E-state index in [0.717, 1.165) is 16.1 Å². The minimum atomic E-state index is 0.744. The molecule has 0 atom stereocenters. The lowest BCUT2D eigenvalue weighted by Crippen LogP contribution is -1.83. The van der Waals surface area contributed by atoms with Crippen LogP contribution in [0.1, 0.15) is 4.88 Å². The maximum absolute atomic E-state index is 8.43. The third-order valence-electron chi connectivity index (χ3n) is 1.74. The summed E-state index contributed by atoms with van der Waals surface area (Å²) in [5.41, 5.74) is 1.71. The molecule has 0 saturated heterocycles. The number of hydrogen-bond acceptors (Lipinski definition) is 5. The maximum atomic E-state index is 8.43. The van der Waals surface area contributed by atoms with Crippen molar-refractivity contribution in [2.24, 2.45) is 5.16 Å². The second kappa shape index (κ2) is 3.97. The first kappa shape index (κ1) is 8.83. The SMILES string of the molecule is ON=Cc1snnc1-c1ccccc1. The lowest BCUT2D eigenvalue weighted by atomic mass is 10.1. The number of benzene rings is 1. The van der Waals surface area contributed by atoms with Crippen LogP contribution >= 0.6 is 11.5 Å². The van der Waals surface area contributed by atoms with Gasteiger partial charge in [-0.2, -0.15) is 0 Å². The van der Waals surface area contributed by atoms with Crippen LogP contribution in [0.25, 0.3) is 11.3 Å². The molecule has 0 aliphatic heterocycles. The highest BCUT2D eigenvalue weighted by molar-refractivity contribution is 7.07. The van der Waals surface area contributed by atoms with Crippen molar-refractivity contribution in [1.82, 2.24) is 9.59 Å². The lowest BCUT2D eigenvalue weighted by Gasteiger charge is -1.94. The summed E-state index contributed by atoms with van der Waals surface area (Å²) in [5, 5.41) is 15.4. The molecule has 0 aliphatic rings. The summed E-state index contributed by atoms with van der Waals surface area (Å²) in [7, 11) is 0. The van der Waals surface area contributed by atoms with Crippen molar-refractivity contribution >= 4 is 17.7 Å². The topological polar surface area (TPSA) is 58.4 Å². The zero-order chi connectivity index (χ0) is 9.80. The first-order chi connectivity index (χ1) is 6.92. The lowest BCUT2D eigenvalue weighted by molar-refractivity contribution is 0.322. The summed E-state index contributed by atoms with van der Waals surface area (Å²) in [6.07, 6.45) is 1.34. The van der Waals surface area contributed by atoms with Crippen molar-refractivity contribution in [1.29, 1.82) is 0 Å². The molecule has 14 heavy (non-hydrogen) atoms. The Labute approximate surface area is 84.7 Å². The molecule has 2 rings (SSSR count). The Morgan fingerprint density at radius 1 is 1.29 bits per heavy atom. The highest BCUT2D eigenvalue weighted by Crippen LogP contribution is 2.21. The molecule has 0 radical (unpaired) electrons. The molecule has 1 aromatic carbocycles. The normalized spacial score (nSPS) is 10.9. The van der Waals surface area contributed by atoms with Gasteiger partial charge in [0.05, 0.1) is 11.1 Å². The molecule has 1 heterocycles. The van der Waals surface area contributed by atoms with Crippen LogP contribution < -0.4 is 0 Å². The Hall–Kier alpha value is -1.75. The van der Waals surface area contributed by atoms with Crippen molar-refractivity contribution in [2.75, 3.05) is 0 Å². The van der Waals surface area contributed by atoms with E-state index in [4.69, 9.17) is 5.21 Å². The number of oxime groups is 1.